The number of hydrogen-bond acceptors (Lipinski definition) is 8. The largest absolute Gasteiger partial charge is 0.467 e. The Balaban J connectivity index is 1.35. The van der Waals surface area contributed by atoms with Crippen molar-refractivity contribution in [3.8, 4) is 0 Å². The first kappa shape index (κ1) is 27.8. The number of amides is 1. The fourth-order valence-electron chi connectivity index (χ4n) is 4.34. The molecule has 5 rings (SSSR count). The number of nitrogens with zero attached hydrogens (tertiary/aromatic N) is 3. The van der Waals surface area contributed by atoms with Crippen molar-refractivity contribution in [2.24, 2.45) is 5.10 Å². The minimum Gasteiger partial charge on any atom is -0.467 e. The summed E-state index contributed by atoms with van der Waals surface area (Å²) in [5, 5.41) is 17.4. The summed E-state index contributed by atoms with van der Waals surface area (Å²) >= 11 is 11.9. The third-order valence-corrected chi connectivity index (χ3v) is 6.91. The molecule has 10 nitrogen and oxygen atoms in total. The molecule has 0 unspecified atom stereocenters. The summed E-state index contributed by atoms with van der Waals surface area (Å²) in [6, 6.07) is 19.3. The quantitative estimate of drug-likeness (QED) is 0.102. The molecule has 0 fully saturated rings. The van der Waals surface area contributed by atoms with Gasteiger partial charge in [-0.05, 0) is 48.0 Å². The monoisotopic (exact) mass is 591 g/mol. The van der Waals surface area contributed by atoms with Crippen LogP contribution < -0.4 is 0 Å². The zero-order valence-corrected chi connectivity index (χ0v) is 22.5. The lowest BCUT2D eigenvalue weighted by molar-refractivity contribution is -0.384. The predicted octanol–water partition coefficient (Wildman–Crippen LogP) is 6.26. The van der Waals surface area contributed by atoms with Gasteiger partial charge in [-0.1, -0.05) is 53.5 Å². The van der Waals surface area contributed by atoms with Gasteiger partial charge in [0.05, 0.1) is 22.5 Å². The number of hydrazone groups is 1. The standard InChI is InChI=1S/C29H19Cl2N3O7/c30-19-10-7-17(8-11-19)23-15-25(26-6-3-13-40-26)33(32-23)27(35)16-41-29(37)21-5-2-1-4-20(21)28(36)18-9-12-22(31)24(14-18)34(38)39/h1-14,25H,15-16H2/t25-/m0/s1. The van der Waals surface area contributed by atoms with Crippen LogP contribution in [0, 0.1) is 10.1 Å². The van der Waals surface area contributed by atoms with Crippen LogP contribution in [-0.2, 0) is 9.53 Å². The van der Waals surface area contributed by atoms with Gasteiger partial charge >= 0.3 is 5.97 Å². The summed E-state index contributed by atoms with van der Waals surface area (Å²) in [5.41, 5.74) is 0.735. The third-order valence-electron chi connectivity index (χ3n) is 6.34. The highest BCUT2D eigenvalue weighted by atomic mass is 35.5. The molecule has 41 heavy (non-hydrogen) atoms. The zero-order chi connectivity index (χ0) is 29.1. The molecule has 3 aromatic carbocycles. The second-order valence-electron chi connectivity index (χ2n) is 8.90. The molecule has 4 aromatic rings. The number of ether oxygens (including phenoxy) is 1. The van der Waals surface area contributed by atoms with E-state index < -0.39 is 40.9 Å². The van der Waals surface area contributed by atoms with Crippen molar-refractivity contribution in [1.29, 1.82) is 0 Å². The average molecular weight is 592 g/mol. The van der Waals surface area contributed by atoms with Crippen molar-refractivity contribution in [3.05, 3.63) is 133 Å². The van der Waals surface area contributed by atoms with Crippen molar-refractivity contribution in [3.63, 3.8) is 0 Å². The number of ketones is 1. The van der Waals surface area contributed by atoms with Gasteiger partial charge in [0.25, 0.3) is 11.6 Å². The van der Waals surface area contributed by atoms with Crippen LogP contribution in [0.3, 0.4) is 0 Å². The normalized spacial score (nSPS) is 14.4. The number of rotatable bonds is 8. The fourth-order valence-corrected chi connectivity index (χ4v) is 4.65. The maximum absolute atomic E-state index is 13.2. The molecule has 0 N–H and O–H groups in total. The van der Waals surface area contributed by atoms with Gasteiger partial charge < -0.3 is 9.15 Å². The summed E-state index contributed by atoms with van der Waals surface area (Å²) in [7, 11) is 0. The molecule has 1 aliphatic rings. The lowest BCUT2D eigenvalue weighted by atomic mass is 9.98. The molecule has 0 saturated heterocycles. The molecule has 2 heterocycles. The van der Waals surface area contributed by atoms with Crippen LogP contribution in [0.25, 0.3) is 0 Å². The van der Waals surface area contributed by atoms with Crippen LogP contribution >= 0.6 is 23.2 Å². The topological polar surface area (TPSA) is 132 Å². The van der Waals surface area contributed by atoms with Crippen molar-refractivity contribution in [1.82, 2.24) is 5.01 Å². The molecule has 1 aromatic heterocycles. The van der Waals surface area contributed by atoms with Crippen molar-refractivity contribution in [2.45, 2.75) is 12.5 Å². The van der Waals surface area contributed by atoms with Gasteiger partial charge in [0.15, 0.2) is 12.4 Å². The number of halogens is 2. The molecule has 1 amide bonds. The number of carbonyl (C=O) groups is 3. The summed E-state index contributed by atoms with van der Waals surface area (Å²) in [4.78, 5) is 50.0. The van der Waals surface area contributed by atoms with E-state index in [-0.39, 0.29) is 21.7 Å². The molecule has 0 radical (unpaired) electrons. The van der Waals surface area contributed by atoms with Crippen LogP contribution in [0.15, 0.2) is 94.6 Å². The van der Waals surface area contributed by atoms with Crippen LogP contribution in [0.4, 0.5) is 5.69 Å². The van der Waals surface area contributed by atoms with E-state index in [0.29, 0.717) is 22.9 Å². The van der Waals surface area contributed by atoms with Crippen LogP contribution in [0.1, 0.15) is 50.1 Å². The second kappa shape index (κ2) is 11.7. The molecule has 1 aliphatic heterocycles. The Labute approximate surface area is 242 Å². The van der Waals surface area contributed by atoms with Gasteiger partial charge in [-0.2, -0.15) is 5.10 Å². The minimum atomic E-state index is -0.929. The van der Waals surface area contributed by atoms with E-state index in [9.17, 15) is 24.5 Å². The van der Waals surface area contributed by atoms with Crippen LogP contribution in [-0.4, -0.2) is 39.9 Å². The van der Waals surface area contributed by atoms with Crippen LogP contribution in [0.2, 0.25) is 10.0 Å². The number of esters is 1. The Morgan fingerprint density at radius 3 is 2.41 bits per heavy atom. The Hall–Kier alpha value is -4.80. The number of hydrogen-bond donors (Lipinski definition) is 0. The second-order valence-corrected chi connectivity index (χ2v) is 9.75. The third kappa shape index (κ3) is 5.88. The molecule has 206 valence electrons. The Kier molecular flexibility index (Phi) is 7.95. The van der Waals surface area contributed by atoms with Crippen molar-refractivity contribution < 1.29 is 28.5 Å². The lowest BCUT2D eigenvalue weighted by Gasteiger charge is -2.19. The highest BCUT2D eigenvalue weighted by Gasteiger charge is 2.35. The fraction of sp³-hybridized carbons (Fsp3) is 0.103. The first-order chi connectivity index (χ1) is 19.7. The summed E-state index contributed by atoms with van der Waals surface area (Å²) in [6.45, 7) is -0.664. The SMILES string of the molecule is O=C(OCC(=O)N1N=C(c2ccc(Cl)cc2)C[C@H]1c1ccco1)c1ccccc1C(=O)c1ccc(Cl)c([N+](=O)[O-])c1. The molecular weight excluding hydrogens is 573 g/mol. The summed E-state index contributed by atoms with van der Waals surface area (Å²) in [5.74, 6) is -1.69. The van der Waals surface area contributed by atoms with Crippen molar-refractivity contribution >= 4 is 52.3 Å². The summed E-state index contributed by atoms with van der Waals surface area (Å²) in [6.07, 6.45) is 1.85. The number of furan rings is 1. The maximum Gasteiger partial charge on any atom is 0.339 e. The van der Waals surface area contributed by atoms with E-state index >= 15 is 0 Å². The van der Waals surface area contributed by atoms with E-state index in [1.807, 2.05) is 0 Å². The van der Waals surface area contributed by atoms with E-state index in [4.69, 9.17) is 32.4 Å². The molecular formula is C29H19Cl2N3O7. The molecule has 0 bridgehead atoms. The molecule has 12 heteroatoms. The van der Waals surface area contributed by atoms with Gasteiger partial charge in [0.1, 0.15) is 16.8 Å². The van der Waals surface area contributed by atoms with Gasteiger partial charge in [0, 0.05) is 28.6 Å². The van der Waals surface area contributed by atoms with E-state index in [0.717, 1.165) is 11.6 Å². The maximum atomic E-state index is 13.2. The van der Waals surface area contributed by atoms with Gasteiger partial charge in [-0.15, -0.1) is 0 Å². The molecule has 0 saturated carbocycles. The van der Waals surface area contributed by atoms with Crippen molar-refractivity contribution in [2.75, 3.05) is 6.61 Å². The van der Waals surface area contributed by atoms with E-state index in [2.05, 4.69) is 5.10 Å². The van der Waals surface area contributed by atoms with E-state index in [1.54, 1.807) is 36.4 Å². The Morgan fingerprint density at radius 2 is 1.73 bits per heavy atom. The Morgan fingerprint density at radius 1 is 1.00 bits per heavy atom. The summed E-state index contributed by atoms with van der Waals surface area (Å²) < 4.78 is 10.8. The number of carbonyl (C=O) groups excluding carboxylic acids is 3. The number of nitro groups is 1. The molecule has 1 atom stereocenters. The first-order valence-corrected chi connectivity index (χ1v) is 12.9. The van der Waals surface area contributed by atoms with Crippen LogP contribution in [0.5, 0.6) is 0 Å². The average Bonchev–Trinajstić information content (AvgIpc) is 3.67. The smallest absolute Gasteiger partial charge is 0.339 e. The minimum absolute atomic E-state index is 0.0418. The number of nitro benzene ring substituents is 1. The van der Waals surface area contributed by atoms with Gasteiger partial charge in [-0.25, -0.2) is 9.80 Å². The lowest BCUT2D eigenvalue weighted by Crippen LogP contribution is -2.31. The highest BCUT2D eigenvalue weighted by molar-refractivity contribution is 6.33. The first-order valence-electron chi connectivity index (χ1n) is 12.2. The van der Waals surface area contributed by atoms with Gasteiger partial charge in [0.2, 0.25) is 0 Å². The van der Waals surface area contributed by atoms with E-state index in [1.165, 1.54) is 47.7 Å². The predicted molar refractivity (Wildman–Crippen MR) is 149 cm³/mol. The number of benzene rings is 3. The van der Waals surface area contributed by atoms with Gasteiger partial charge in [-0.3, -0.25) is 19.7 Å². The zero-order valence-electron chi connectivity index (χ0n) is 21.0. The molecule has 0 aliphatic carbocycles. The Bertz CT molecular complexity index is 1680. The molecule has 0 spiro atoms. The highest BCUT2D eigenvalue weighted by Crippen LogP contribution is 2.33.